The normalized spacial score (nSPS) is 23.0. The van der Waals surface area contributed by atoms with Crippen LogP contribution >= 0.6 is 0 Å². The molecule has 1 fully saturated rings. The van der Waals surface area contributed by atoms with Crippen LogP contribution in [0.25, 0.3) is 0 Å². The van der Waals surface area contributed by atoms with Gasteiger partial charge in [0, 0.05) is 31.5 Å². The smallest absolute Gasteiger partial charge is 0.0411 e. The van der Waals surface area contributed by atoms with Gasteiger partial charge in [-0.15, -0.1) is 0 Å². The molecule has 1 aromatic carbocycles. The molecule has 0 spiro atoms. The van der Waals surface area contributed by atoms with Gasteiger partial charge in [-0.05, 0) is 48.8 Å². The zero-order valence-electron chi connectivity index (χ0n) is 14.7. The number of hydrogen-bond acceptors (Lipinski definition) is 2. The molecule has 2 rings (SSSR count). The summed E-state index contributed by atoms with van der Waals surface area (Å²) in [6.07, 6.45) is 5.40. The second-order valence-electron chi connectivity index (χ2n) is 7.90. The van der Waals surface area contributed by atoms with Gasteiger partial charge in [0.25, 0.3) is 0 Å². The van der Waals surface area contributed by atoms with Crippen molar-refractivity contribution in [2.24, 2.45) is 11.3 Å². The Morgan fingerprint density at radius 3 is 2.38 bits per heavy atom. The third-order valence-corrected chi connectivity index (χ3v) is 4.92. The molecular formula is C19H32N2. The number of nitrogens with zero attached hydrogens (tertiary/aromatic N) is 1. The SMILES string of the molecule is Cc1ccc(NC2CCCCC2C(C)(C)C)cc1N(C)C. The van der Waals surface area contributed by atoms with Crippen molar-refractivity contribution in [2.75, 3.05) is 24.3 Å². The lowest BCUT2D eigenvalue weighted by Gasteiger charge is -2.41. The van der Waals surface area contributed by atoms with Crippen LogP contribution < -0.4 is 10.2 Å². The van der Waals surface area contributed by atoms with E-state index in [9.17, 15) is 0 Å². The van der Waals surface area contributed by atoms with Crippen molar-refractivity contribution in [1.82, 2.24) is 0 Å². The van der Waals surface area contributed by atoms with Gasteiger partial charge in [-0.25, -0.2) is 0 Å². The number of aryl methyl sites for hydroxylation is 1. The number of rotatable bonds is 3. The Bertz CT molecular complexity index is 471. The third kappa shape index (κ3) is 3.93. The predicted octanol–water partition coefficient (Wildman–Crippen LogP) is 5.08. The number of nitrogens with one attached hydrogen (secondary N) is 1. The minimum Gasteiger partial charge on any atom is -0.382 e. The summed E-state index contributed by atoms with van der Waals surface area (Å²) in [7, 11) is 4.23. The number of anilines is 2. The van der Waals surface area contributed by atoms with Crippen molar-refractivity contribution in [3.05, 3.63) is 23.8 Å². The topological polar surface area (TPSA) is 15.3 Å². The van der Waals surface area contributed by atoms with E-state index in [1.165, 1.54) is 42.6 Å². The second kappa shape index (κ2) is 6.29. The Labute approximate surface area is 130 Å². The van der Waals surface area contributed by atoms with Crippen molar-refractivity contribution in [3.8, 4) is 0 Å². The van der Waals surface area contributed by atoms with Crippen molar-refractivity contribution >= 4 is 11.4 Å². The minimum atomic E-state index is 0.382. The largest absolute Gasteiger partial charge is 0.382 e. The highest BCUT2D eigenvalue weighted by molar-refractivity contribution is 5.62. The van der Waals surface area contributed by atoms with Crippen LogP contribution in [0.4, 0.5) is 11.4 Å². The molecule has 21 heavy (non-hydrogen) atoms. The Morgan fingerprint density at radius 1 is 1.10 bits per heavy atom. The lowest BCUT2D eigenvalue weighted by Crippen LogP contribution is -2.39. The van der Waals surface area contributed by atoms with Gasteiger partial charge in [0.15, 0.2) is 0 Å². The standard InChI is InChI=1S/C19H32N2/c1-14-11-12-15(13-18(14)21(5)6)20-17-10-8-7-9-16(17)19(2,3)4/h11-13,16-17,20H,7-10H2,1-6H3. The van der Waals surface area contributed by atoms with Crippen LogP contribution in [0.1, 0.15) is 52.0 Å². The van der Waals surface area contributed by atoms with E-state index in [0.29, 0.717) is 11.5 Å². The Kier molecular flexibility index (Phi) is 4.85. The molecule has 2 unspecified atom stereocenters. The zero-order chi connectivity index (χ0) is 15.6. The van der Waals surface area contributed by atoms with E-state index >= 15 is 0 Å². The Balaban J connectivity index is 2.18. The Hall–Kier alpha value is -1.18. The molecule has 1 aliphatic rings. The summed E-state index contributed by atoms with van der Waals surface area (Å²) in [6, 6.07) is 7.36. The summed E-state index contributed by atoms with van der Waals surface area (Å²) in [5, 5.41) is 3.83. The van der Waals surface area contributed by atoms with E-state index < -0.39 is 0 Å². The van der Waals surface area contributed by atoms with Gasteiger partial charge >= 0.3 is 0 Å². The summed E-state index contributed by atoms with van der Waals surface area (Å²) >= 11 is 0. The zero-order valence-corrected chi connectivity index (χ0v) is 14.7. The lowest BCUT2D eigenvalue weighted by molar-refractivity contribution is 0.163. The number of hydrogen-bond donors (Lipinski definition) is 1. The van der Waals surface area contributed by atoms with E-state index in [-0.39, 0.29) is 0 Å². The molecule has 2 atom stereocenters. The summed E-state index contributed by atoms with van der Waals surface area (Å²) in [6.45, 7) is 9.34. The molecule has 0 aromatic heterocycles. The molecule has 1 saturated carbocycles. The van der Waals surface area contributed by atoms with Crippen LogP contribution in [0.3, 0.4) is 0 Å². The molecule has 0 saturated heterocycles. The quantitative estimate of drug-likeness (QED) is 0.834. The molecular weight excluding hydrogens is 256 g/mol. The van der Waals surface area contributed by atoms with Crippen molar-refractivity contribution < 1.29 is 0 Å². The molecule has 0 bridgehead atoms. The van der Waals surface area contributed by atoms with E-state index in [1.54, 1.807) is 0 Å². The van der Waals surface area contributed by atoms with Crippen molar-refractivity contribution in [2.45, 2.75) is 59.4 Å². The van der Waals surface area contributed by atoms with Crippen LogP contribution in [0, 0.1) is 18.3 Å². The molecule has 0 radical (unpaired) electrons. The molecule has 1 aliphatic carbocycles. The molecule has 0 amide bonds. The Morgan fingerprint density at radius 2 is 1.76 bits per heavy atom. The highest BCUT2D eigenvalue weighted by Gasteiger charge is 2.34. The highest BCUT2D eigenvalue weighted by atomic mass is 15.1. The minimum absolute atomic E-state index is 0.382. The van der Waals surface area contributed by atoms with Crippen molar-refractivity contribution in [3.63, 3.8) is 0 Å². The maximum Gasteiger partial charge on any atom is 0.0411 e. The molecule has 1 N–H and O–H groups in total. The molecule has 1 aromatic rings. The molecule has 0 heterocycles. The van der Waals surface area contributed by atoms with E-state index in [2.05, 4.69) is 70.2 Å². The van der Waals surface area contributed by atoms with Crippen LogP contribution in [0.5, 0.6) is 0 Å². The maximum absolute atomic E-state index is 3.83. The number of benzene rings is 1. The summed E-state index contributed by atoms with van der Waals surface area (Å²) in [5.74, 6) is 0.760. The van der Waals surface area contributed by atoms with Crippen LogP contribution in [0.15, 0.2) is 18.2 Å². The van der Waals surface area contributed by atoms with Gasteiger partial charge in [0.1, 0.15) is 0 Å². The van der Waals surface area contributed by atoms with Gasteiger partial charge < -0.3 is 10.2 Å². The molecule has 2 heteroatoms. The van der Waals surface area contributed by atoms with Crippen LogP contribution in [0.2, 0.25) is 0 Å². The highest BCUT2D eigenvalue weighted by Crippen LogP contribution is 2.39. The monoisotopic (exact) mass is 288 g/mol. The van der Waals surface area contributed by atoms with Gasteiger partial charge in [0.05, 0.1) is 0 Å². The van der Waals surface area contributed by atoms with Crippen LogP contribution in [-0.4, -0.2) is 20.1 Å². The van der Waals surface area contributed by atoms with E-state index in [4.69, 9.17) is 0 Å². The lowest BCUT2D eigenvalue weighted by atomic mass is 9.69. The van der Waals surface area contributed by atoms with Gasteiger partial charge in [-0.3, -0.25) is 0 Å². The third-order valence-electron chi connectivity index (χ3n) is 4.92. The molecule has 0 aliphatic heterocycles. The summed E-state index contributed by atoms with van der Waals surface area (Å²) in [5.41, 5.74) is 4.29. The van der Waals surface area contributed by atoms with E-state index in [1.807, 2.05) is 0 Å². The first-order chi connectivity index (χ1) is 9.79. The first kappa shape index (κ1) is 16.2. The predicted molar refractivity (Wildman–Crippen MR) is 94.3 cm³/mol. The van der Waals surface area contributed by atoms with E-state index in [0.717, 1.165) is 5.92 Å². The summed E-state index contributed by atoms with van der Waals surface area (Å²) < 4.78 is 0. The average molecular weight is 288 g/mol. The van der Waals surface area contributed by atoms with Crippen molar-refractivity contribution in [1.29, 1.82) is 0 Å². The fraction of sp³-hybridized carbons (Fsp3) is 0.684. The van der Waals surface area contributed by atoms with Crippen LogP contribution in [-0.2, 0) is 0 Å². The first-order valence-corrected chi connectivity index (χ1v) is 8.33. The maximum atomic E-state index is 3.83. The second-order valence-corrected chi connectivity index (χ2v) is 7.90. The molecule has 2 nitrogen and oxygen atoms in total. The average Bonchev–Trinajstić information content (AvgIpc) is 2.40. The fourth-order valence-corrected chi connectivity index (χ4v) is 3.74. The van der Waals surface area contributed by atoms with Gasteiger partial charge in [0.2, 0.25) is 0 Å². The fourth-order valence-electron chi connectivity index (χ4n) is 3.74. The molecule has 118 valence electrons. The van der Waals surface area contributed by atoms with Gasteiger partial charge in [-0.1, -0.05) is 39.7 Å². The van der Waals surface area contributed by atoms with Gasteiger partial charge in [-0.2, -0.15) is 0 Å². The summed E-state index contributed by atoms with van der Waals surface area (Å²) in [4.78, 5) is 2.20. The first-order valence-electron chi connectivity index (χ1n) is 8.33.